The summed E-state index contributed by atoms with van der Waals surface area (Å²) in [5.41, 5.74) is 5.31. The fourth-order valence-electron chi connectivity index (χ4n) is 1.57. The van der Waals surface area contributed by atoms with Gasteiger partial charge in [-0.15, -0.1) is 0 Å². The number of ether oxygens (including phenoxy) is 1. The third kappa shape index (κ3) is 4.98. The maximum Gasteiger partial charge on any atom is 0.320 e. The van der Waals surface area contributed by atoms with Crippen molar-refractivity contribution in [2.45, 2.75) is 23.8 Å². The molecule has 0 saturated heterocycles. The van der Waals surface area contributed by atoms with Crippen LogP contribution in [0.15, 0.2) is 23.1 Å². The summed E-state index contributed by atoms with van der Waals surface area (Å²) in [5.74, 6) is -1.61. The first-order valence-corrected chi connectivity index (χ1v) is 7.53. The zero-order valence-corrected chi connectivity index (χ0v) is 12.5. The molecule has 1 atom stereocenters. The summed E-state index contributed by atoms with van der Waals surface area (Å²) in [4.78, 5) is 21.9. The van der Waals surface area contributed by atoms with Crippen LogP contribution in [0.25, 0.3) is 0 Å². The molecule has 1 aromatic rings. The molecule has 1 amide bonds. The van der Waals surface area contributed by atoms with Crippen LogP contribution >= 0.6 is 0 Å². The van der Waals surface area contributed by atoms with Gasteiger partial charge in [-0.2, -0.15) is 8.42 Å². The summed E-state index contributed by atoms with van der Waals surface area (Å²) in [6.07, 6.45) is -0.256. The molecule has 0 heterocycles. The van der Waals surface area contributed by atoms with Crippen molar-refractivity contribution in [2.24, 2.45) is 5.73 Å². The highest BCUT2D eigenvalue weighted by Gasteiger charge is 2.17. The van der Waals surface area contributed by atoms with E-state index < -0.39 is 32.9 Å². The Labute approximate surface area is 126 Å². The third-order valence-electron chi connectivity index (χ3n) is 2.74. The maximum atomic E-state index is 11.7. The molecule has 1 aromatic carbocycles. The zero-order chi connectivity index (χ0) is 16.9. The molecule has 122 valence electrons. The smallest absolute Gasteiger partial charge is 0.320 e. The molecule has 0 aliphatic carbocycles. The Hall–Kier alpha value is -2.17. The molecular formula is C12H16N2O7S. The molecule has 0 bridgehead atoms. The Bertz CT molecular complexity index is 672. The molecule has 0 saturated carbocycles. The molecule has 0 aromatic heterocycles. The lowest BCUT2D eigenvalue weighted by molar-refractivity contribution is -0.138. The third-order valence-corrected chi connectivity index (χ3v) is 3.59. The van der Waals surface area contributed by atoms with E-state index in [1.165, 1.54) is 13.2 Å². The topological polar surface area (TPSA) is 156 Å². The quantitative estimate of drug-likeness (QED) is 0.511. The number of nitrogens with two attached hydrogens (primary N) is 1. The van der Waals surface area contributed by atoms with E-state index in [4.69, 9.17) is 20.1 Å². The van der Waals surface area contributed by atoms with Crippen LogP contribution in [0.5, 0.6) is 5.75 Å². The van der Waals surface area contributed by atoms with E-state index in [-0.39, 0.29) is 24.3 Å². The molecular weight excluding hydrogens is 316 g/mol. The van der Waals surface area contributed by atoms with Crippen LogP contribution in [0.2, 0.25) is 0 Å². The molecule has 9 nitrogen and oxygen atoms in total. The minimum atomic E-state index is -4.43. The van der Waals surface area contributed by atoms with Crippen molar-refractivity contribution >= 4 is 27.7 Å². The molecule has 0 unspecified atom stereocenters. The number of nitrogens with one attached hydrogen (secondary N) is 1. The van der Waals surface area contributed by atoms with E-state index in [1.807, 2.05) is 0 Å². The van der Waals surface area contributed by atoms with E-state index in [1.54, 1.807) is 0 Å². The van der Waals surface area contributed by atoms with Gasteiger partial charge in [0, 0.05) is 6.42 Å². The van der Waals surface area contributed by atoms with Gasteiger partial charge in [0.05, 0.1) is 17.7 Å². The predicted molar refractivity (Wildman–Crippen MR) is 76.3 cm³/mol. The second-order valence-corrected chi connectivity index (χ2v) is 5.79. The second kappa shape index (κ2) is 7.20. The van der Waals surface area contributed by atoms with Gasteiger partial charge in [0.2, 0.25) is 5.91 Å². The fraction of sp³-hybridized carbons (Fsp3) is 0.333. The van der Waals surface area contributed by atoms with E-state index in [0.717, 1.165) is 12.1 Å². The Morgan fingerprint density at radius 2 is 2.05 bits per heavy atom. The maximum absolute atomic E-state index is 11.7. The summed E-state index contributed by atoms with van der Waals surface area (Å²) >= 11 is 0. The van der Waals surface area contributed by atoms with Crippen LogP contribution in [-0.2, 0) is 19.7 Å². The van der Waals surface area contributed by atoms with Crippen LogP contribution in [0, 0.1) is 0 Å². The van der Waals surface area contributed by atoms with Gasteiger partial charge in [-0.25, -0.2) is 0 Å². The van der Waals surface area contributed by atoms with Gasteiger partial charge in [-0.3, -0.25) is 14.1 Å². The first-order chi connectivity index (χ1) is 10.1. The molecule has 0 aliphatic rings. The molecule has 0 radical (unpaired) electrons. The number of carboxylic acid groups (broad SMARTS) is 1. The highest BCUT2D eigenvalue weighted by atomic mass is 32.2. The van der Waals surface area contributed by atoms with Crippen LogP contribution in [0.4, 0.5) is 5.69 Å². The van der Waals surface area contributed by atoms with Gasteiger partial charge in [-0.05, 0) is 24.6 Å². The van der Waals surface area contributed by atoms with Crippen LogP contribution in [0.3, 0.4) is 0 Å². The largest absolute Gasteiger partial charge is 0.495 e. The zero-order valence-electron chi connectivity index (χ0n) is 11.6. The summed E-state index contributed by atoms with van der Waals surface area (Å²) < 4.78 is 36.1. The normalized spacial score (nSPS) is 12.5. The first kappa shape index (κ1) is 17.9. The number of carbonyl (C=O) groups excluding carboxylic acids is 1. The minimum Gasteiger partial charge on any atom is -0.495 e. The Kier molecular flexibility index (Phi) is 5.85. The number of methoxy groups -OCH3 is 1. The molecule has 0 aliphatic heterocycles. The predicted octanol–water partition coefficient (Wildman–Crippen LogP) is 0.0725. The summed E-state index contributed by atoms with van der Waals surface area (Å²) in [5, 5.41) is 11.0. The van der Waals surface area contributed by atoms with Crippen LogP contribution in [0.1, 0.15) is 12.8 Å². The number of hydrogen-bond acceptors (Lipinski definition) is 6. The molecule has 22 heavy (non-hydrogen) atoms. The van der Waals surface area contributed by atoms with Crippen molar-refractivity contribution < 1.29 is 32.4 Å². The number of hydrogen-bond donors (Lipinski definition) is 4. The van der Waals surface area contributed by atoms with Crippen molar-refractivity contribution in [3.8, 4) is 5.75 Å². The van der Waals surface area contributed by atoms with Crippen molar-refractivity contribution in [3.63, 3.8) is 0 Å². The number of rotatable bonds is 7. The Morgan fingerprint density at radius 3 is 2.55 bits per heavy atom. The van der Waals surface area contributed by atoms with Crippen LogP contribution < -0.4 is 15.8 Å². The average Bonchev–Trinajstić information content (AvgIpc) is 2.43. The molecule has 5 N–H and O–H groups in total. The number of carboxylic acids is 1. The highest BCUT2D eigenvalue weighted by Crippen LogP contribution is 2.27. The van der Waals surface area contributed by atoms with Gasteiger partial charge in [0.1, 0.15) is 11.8 Å². The highest BCUT2D eigenvalue weighted by molar-refractivity contribution is 7.85. The Morgan fingerprint density at radius 1 is 1.41 bits per heavy atom. The molecule has 10 heteroatoms. The minimum absolute atomic E-state index is 0.0338. The average molecular weight is 332 g/mol. The molecule has 1 rings (SSSR count). The number of carbonyl (C=O) groups is 2. The lowest BCUT2D eigenvalue weighted by atomic mass is 10.1. The SMILES string of the molecule is COc1ccc(S(=O)(=O)O)cc1NC(=O)CC[C@H](N)C(=O)O. The van der Waals surface area contributed by atoms with E-state index in [0.29, 0.717) is 0 Å². The number of amides is 1. The first-order valence-electron chi connectivity index (χ1n) is 6.09. The lowest BCUT2D eigenvalue weighted by Crippen LogP contribution is -2.31. The monoisotopic (exact) mass is 332 g/mol. The molecule has 0 fully saturated rings. The molecule has 0 spiro atoms. The standard InChI is InChI=1S/C12H16N2O7S/c1-21-10-4-2-7(22(18,19)20)6-9(10)14-11(15)5-3-8(13)12(16)17/h2,4,6,8H,3,5,13H2,1H3,(H,14,15)(H,16,17)(H,18,19,20)/t8-/m0/s1. The van der Waals surface area contributed by atoms with E-state index in [2.05, 4.69) is 5.32 Å². The van der Waals surface area contributed by atoms with E-state index in [9.17, 15) is 18.0 Å². The summed E-state index contributed by atoms with van der Waals surface area (Å²) in [6, 6.07) is 2.24. The van der Waals surface area contributed by atoms with E-state index >= 15 is 0 Å². The summed E-state index contributed by atoms with van der Waals surface area (Å²) in [6.45, 7) is 0. The Balaban J connectivity index is 2.87. The van der Waals surface area contributed by atoms with Crippen molar-refractivity contribution in [2.75, 3.05) is 12.4 Å². The van der Waals surface area contributed by atoms with Gasteiger partial charge in [-0.1, -0.05) is 0 Å². The van der Waals surface area contributed by atoms with Crippen molar-refractivity contribution in [1.82, 2.24) is 0 Å². The van der Waals surface area contributed by atoms with Crippen LogP contribution in [-0.4, -0.2) is 43.1 Å². The van der Waals surface area contributed by atoms with Gasteiger partial charge in [0.25, 0.3) is 10.1 Å². The van der Waals surface area contributed by atoms with Gasteiger partial charge in [0.15, 0.2) is 0 Å². The van der Waals surface area contributed by atoms with Gasteiger partial charge >= 0.3 is 5.97 Å². The number of aliphatic carboxylic acids is 1. The van der Waals surface area contributed by atoms with Crippen molar-refractivity contribution in [3.05, 3.63) is 18.2 Å². The fourth-order valence-corrected chi connectivity index (χ4v) is 2.07. The number of anilines is 1. The summed E-state index contributed by atoms with van der Waals surface area (Å²) in [7, 11) is -3.11. The number of benzene rings is 1. The van der Waals surface area contributed by atoms with Crippen molar-refractivity contribution in [1.29, 1.82) is 0 Å². The lowest BCUT2D eigenvalue weighted by Gasteiger charge is -2.12. The second-order valence-electron chi connectivity index (χ2n) is 4.37. The van der Waals surface area contributed by atoms with Gasteiger partial charge < -0.3 is 20.9 Å².